The lowest BCUT2D eigenvalue weighted by atomic mass is 9.93. The third kappa shape index (κ3) is 5.26. The summed E-state index contributed by atoms with van der Waals surface area (Å²) in [6.07, 6.45) is 21.7. The van der Waals surface area contributed by atoms with Gasteiger partial charge in [-0.25, -0.2) is 0 Å². The minimum atomic E-state index is 0.137. The van der Waals surface area contributed by atoms with Crippen molar-refractivity contribution in [2.24, 2.45) is 5.73 Å². The quantitative estimate of drug-likeness (QED) is 0.665. The van der Waals surface area contributed by atoms with Gasteiger partial charge < -0.3 is 16.0 Å². The zero-order chi connectivity index (χ0) is 21.9. The van der Waals surface area contributed by atoms with Crippen molar-refractivity contribution in [3.8, 4) is 0 Å². The monoisotopic (exact) mass is 399 g/mol. The fourth-order valence-corrected chi connectivity index (χ4v) is 3.57. The van der Waals surface area contributed by atoms with Crippen molar-refractivity contribution in [3.63, 3.8) is 0 Å². The van der Waals surface area contributed by atoms with Gasteiger partial charge in [0.25, 0.3) is 0 Å². The SMILES string of the molecule is C=C/C=C1\CC=CC=C1N(C1=CC=CC(NC)/C1=C\C=C)c1ccc(C)cc1.CN. The molecule has 3 N–H and O–H groups in total. The third-order valence-electron chi connectivity index (χ3n) is 4.95. The summed E-state index contributed by atoms with van der Waals surface area (Å²) in [5.41, 5.74) is 11.6. The van der Waals surface area contributed by atoms with Crippen LogP contribution in [0.3, 0.4) is 0 Å². The molecule has 0 aliphatic heterocycles. The van der Waals surface area contributed by atoms with Crippen molar-refractivity contribution in [3.05, 3.63) is 126 Å². The lowest BCUT2D eigenvalue weighted by Crippen LogP contribution is -2.34. The molecule has 0 saturated carbocycles. The number of likely N-dealkylation sites (N-methyl/N-ethyl adjacent to an activating group) is 1. The number of nitrogens with two attached hydrogens (primary N) is 1. The van der Waals surface area contributed by atoms with Crippen molar-refractivity contribution in [1.29, 1.82) is 0 Å². The molecule has 1 aromatic rings. The summed E-state index contributed by atoms with van der Waals surface area (Å²) in [5.74, 6) is 0. The van der Waals surface area contributed by atoms with E-state index in [0.29, 0.717) is 0 Å². The average molecular weight is 400 g/mol. The molecule has 0 bridgehead atoms. The number of anilines is 1. The van der Waals surface area contributed by atoms with Gasteiger partial charge in [-0.15, -0.1) is 0 Å². The molecule has 2 aliphatic rings. The van der Waals surface area contributed by atoms with Crippen molar-refractivity contribution >= 4 is 5.69 Å². The van der Waals surface area contributed by atoms with Crippen molar-refractivity contribution in [2.45, 2.75) is 19.4 Å². The first-order valence-electron chi connectivity index (χ1n) is 10.2. The highest BCUT2D eigenvalue weighted by Crippen LogP contribution is 2.36. The van der Waals surface area contributed by atoms with E-state index in [2.05, 4.69) is 109 Å². The zero-order valence-corrected chi connectivity index (χ0v) is 18.3. The molecule has 3 nitrogen and oxygen atoms in total. The predicted octanol–water partition coefficient (Wildman–Crippen LogP) is 5.49. The second-order valence-corrected chi connectivity index (χ2v) is 6.84. The summed E-state index contributed by atoms with van der Waals surface area (Å²) < 4.78 is 0. The first kappa shape index (κ1) is 23.1. The highest BCUT2D eigenvalue weighted by Gasteiger charge is 2.26. The second-order valence-electron chi connectivity index (χ2n) is 6.84. The van der Waals surface area contributed by atoms with E-state index in [1.165, 1.54) is 23.8 Å². The van der Waals surface area contributed by atoms with Crippen LogP contribution in [0.1, 0.15) is 12.0 Å². The number of aryl methyl sites for hydroxylation is 1. The zero-order valence-electron chi connectivity index (χ0n) is 18.3. The number of nitrogens with one attached hydrogen (secondary N) is 1. The molecule has 1 aromatic carbocycles. The molecule has 0 spiro atoms. The van der Waals surface area contributed by atoms with E-state index in [1.807, 2.05) is 19.2 Å². The van der Waals surface area contributed by atoms with Crippen molar-refractivity contribution in [1.82, 2.24) is 5.32 Å². The minimum absolute atomic E-state index is 0.137. The van der Waals surface area contributed by atoms with E-state index in [1.54, 1.807) is 0 Å². The molecule has 3 heteroatoms. The summed E-state index contributed by atoms with van der Waals surface area (Å²) in [6.45, 7) is 9.96. The van der Waals surface area contributed by atoms with Crippen LogP contribution in [-0.2, 0) is 0 Å². The normalized spacial score (nSPS) is 20.2. The largest absolute Gasteiger partial charge is 0.333 e. The van der Waals surface area contributed by atoms with Gasteiger partial charge in [0.05, 0.1) is 11.7 Å². The molecular weight excluding hydrogens is 366 g/mol. The number of hydrogen-bond donors (Lipinski definition) is 2. The van der Waals surface area contributed by atoms with Gasteiger partial charge in [0.1, 0.15) is 0 Å². The predicted molar refractivity (Wildman–Crippen MR) is 132 cm³/mol. The maximum atomic E-state index is 4.50. The van der Waals surface area contributed by atoms with Crippen LogP contribution < -0.4 is 16.0 Å². The van der Waals surface area contributed by atoms with E-state index in [-0.39, 0.29) is 6.04 Å². The Morgan fingerprint density at radius 1 is 1.00 bits per heavy atom. The minimum Gasteiger partial charge on any atom is -0.333 e. The molecule has 1 atom stereocenters. The fraction of sp³-hybridized carbons (Fsp3) is 0.185. The fourth-order valence-electron chi connectivity index (χ4n) is 3.57. The van der Waals surface area contributed by atoms with Crippen LogP contribution in [0.4, 0.5) is 5.69 Å². The third-order valence-corrected chi connectivity index (χ3v) is 4.95. The van der Waals surface area contributed by atoms with Crippen LogP contribution in [0, 0.1) is 6.92 Å². The van der Waals surface area contributed by atoms with E-state index in [9.17, 15) is 0 Å². The lowest BCUT2D eigenvalue weighted by Gasteiger charge is -2.36. The molecule has 1 unspecified atom stereocenters. The number of benzene rings is 1. The van der Waals surface area contributed by atoms with Crippen LogP contribution in [0.5, 0.6) is 0 Å². The van der Waals surface area contributed by atoms with Crippen molar-refractivity contribution < 1.29 is 0 Å². The Morgan fingerprint density at radius 2 is 1.67 bits per heavy atom. The molecule has 0 fully saturated rings. The highest BCUT2D eigenvalue weighted by molar-refractivity contribution is 5.70. The Balaban J connectivity index is 0.00000155. The summed E-state index contributed by atoms with van der Waals surface area (Å²) in [4.78, 5) is 2.33. The Morgan fingerprint density at radius 3 is 2.30 bits per heavy atom. The Bertz CT molecular complexity index is 921. The number of rotatable bonds is 6. The first-order chi connectivity index (χ1) is 14.7. The van der Waals surface area contributed by atoms with Crippen LogP contribution in [-0.4, -0.2) is 20.1 Å². The molecule has 0 heterocycles. The smallest absolute Gasteiger partial charge is 0.0527 e. The van der Waals surface area contributed by atoms with Gasteiger partial charge in [0, 0.05) is 11.4 Å². The summed E-state index contributed by atoms with van der Waals surface area (Å²) in [7, 11) is 3.48. The summed E-state index contributed by atoms with van der Waals surface area (Å²) >= 11 is 0. The standard InChI is InChI=1S/C26H28N2.CH5N/c1-5-10-21-12-7-8-14-25(21)28(22-18-16-20(3)17-19-22)26-15-9-13-24(27-4)23(26)11-6-2;1-2/h5-11,13-19,24,27H,1-2,12H2,3-4H3;2H2,1H3/b21-10+,23-11+;. The number of allylic oxidation sites excluding steroid dienone is 10. The highest BCUT2D eigenvalue weighted by atomic mass is 15.2. The Kier molecular flexibility index (Phi) is 9.07. The van der Waals surface area contributed by atoms with Crippen molar-refractivity contribution in [2.75, 3.05) is 19.0 Å². The van der Waals surface area contributed by atoms with Gasteiger partial charge in [-0.05, 0) is 62.9 Å². The van der Waals surface area contributed by atoms with Crippen LogP contribution >= 0.6 is 0 Å². The van der Waals surface area contributed by atoms with Crippen LogP contribution in [0.2, 0.25) is 0 Å². The summed E-state index contributed by atoms with van der Waals surface area (Å²) in [5, 5.41) is 3.39. The van der Waals surface area contributed by atoms with Gasteiger partial charge in [0.15, 0.2) is 0 Å². The molecule has 156 valence electrons. The van der Waals surface area contributed by atoms with E-state index < -0.39 is 0 Å². The summed E-state index contributed by atoms with van der Waals surface area (Å²) in [6, 6.07) is 8.81. The Hall–Kier alpha value is -3.14. The number of nitrogens with zero attached hydrogens (tertiary/aromatic N) is 1. The van der Waals surface area contributed by atoms with E-state index in [4.69, 9.17) is 0 Å². The maximum absolute atomic E-state index is 4.50. The van der Waals surface area contributed by atoms with Crippen LogP contribution in [0.15, 0.2) is 121 Å². The van der Waals surface area contributed by atoms with Crippen LogP contribution in [0.25, 0.3) is 0 Å². The van der Waals surface area contributed by atoms with E-state index in [0.717, 1.165) is 23.5 Å². The first-order valence-corrected chi connectivity index (χ1v) is 10.2. The molecule has 2 aliphatic carbocycles. The number of hydrogen-bond acceptors (Lipinski definition) is 3. The molecular formula is C27H33N3. The topological polar surface area (TPSA) is 41.3 Å². The Labute approximate surface area is 181 Å². The molecule has 3 rings (SSSR count). The molecule has 0 aromatic heterocycles. The maximum Gasteiger partial charge on any atom is 0.0527 e. The van der Waals surface area contributed by atoms with Gasteiger partial charge >= 0.3 is 0 Å². The molecule has 30 heavy (non-hydrogen) atoms. The second kappa shape index (κ2) is 11.8. The van der Waals surface area contributed by atoms with Gasteiger partial charge in [-0.2, -0.15) is 0 Å². The van der Waals surface area contributed by atoms with Gasteiger partial charge in [-0.1, -0.05) is 79.5 Å². The molecule has 0 amide bonds. The molecule has 0 saturated heterocycles. The van der Waals surface area contributed by atoms with Gasteiger partial charge in [-0.3, -0.25) is 0 Å². The average Bonchev–Trinajstić information content (AvgIpc) is 2.79. The van der Waals surface area contributed by atoms with Gasteiger partial charge in [0.2, 0.25) is 0 Å². The lowest BCUT2D eigenvalue weighted by molar-refractivity contribution is 0.745. The molecule has 0 radical (unpaired) electrons. The van der Waals surface area contributed by atoms with E-state index >= 15 is 0 Å².